The van der Waals surface area contributed by atoms with E-state index in [-0.39, 0.29) is 11.4 Å². The number of ether oxygens (including phenoxy) is 1. The Kier molecular flexibility index (Phi) is 6.22. The number of nitrogens with zero attached hydrogens (tertiary/aromatic N) is 2. The number of aryl methyl sites for hydroxylation is 1. The van der Waals surface area contributed by atoms with Gasteiger partial charge in [0, 0.05) is 5.69 Å². The van der Waals surface area contributed by atoms with E-state index in [1.807, 2.05) is 24.3 Å². The third-order valence-electron chi connectivity index (χ3n) is 4.60. The fourth-order valence-electron chi connectivity index (χ4n) is 3.00. The molecule has 2 aromatic carbocycles. The molecule has 1 N–H and O–H groups in total. The summed E-state index contributed by atoms with van der Waals surface area (Å²) in [4.78, 5) is 0. The van der Waals surface area contributed by atoms with Crippen molar-refractivity contribution in [1.29, 1.82) is 0 Å². The van der Waals surface area contributed by atoms with Crippen LogP contribution >= 0.6 is 0 Å². The fraction of sp³-hybridized carbons (Fsp3) is 0.261. The van der Waals surface area contributed by atoms with Gasteiger partial charge in [0.25, 0.3) is 0 Å². The van der Waals surface area contributed by atoms with Gasteiger partial charge >= 0.3 is 6.36 Å². The highest BCUT2D eigenvalue weighted by molar-refractivity contribution is 5.75. The van der Waals surface area contributed by atoms with E-state index < -0.39 is 17.8 Å². The molecule has 0 atom stereocenters. The van der Waals surface area contributed by atoms with Crippen LogP contribution in [0, 0.1) is 6.92 Å². The lowest BCUT2D eigenvalue weighted by atomic mass is 9.96. The summed E-state index contributed by atoms with van der Waals surface area (Å²) in [6.07, 6.45) is -3.59. The Bertz CT molecular complexity index is 1080. The molecule has 0 aliphatic rings. The second-order valence-electron chi connectivity index (χ2n) is 7.70. The monoisotopic (exact) mass is 434 g/mol. The van der Waals surface area contributed by atoms with Crippen LogP contribution in [0.4, 0.5) is 17.6 Å². The molecule has 0 saturated carbocycles. The van der Waals surface area contributed by atoms with Gasteiger partial charge in [0.2, 0.25) is 0 Å². The van der Waals surface area contributed by atoms with Crippen LogP contribution in [0.2, 0.25) is 0 Å². The van der Waals surface area contributed by atoms with Crippen LogP contribution in [0.5, 0.6) is 5.75 Å². The molecular weight excluding hydrogens is 412 g/mol. The highest BCUT2D eigenvalue weighted by atomic mass is 19.4. The molecule has 31 heavy (non-hydrogen) atoms. The summed E-state index contributed by atoms with van der Waals surface area (Å²) in [6.45, 7) is 5.59. The molecule has 3 aromatic rings. The normalized spacial score (nSPS) is 12.8. The molecule has 0 radical (unpaired) electrons. The second kappa shape index (κ2) is 8.55. The quantitative estimate of drug-likeness (QED) is 0.497. The molecular formula is C23H22F4N2O2. The van der Waals surface area contributed by atoms with Gasteiger partial charge in [0.05, 0.1) is 12.1 Å². The van der Waals surface area contributed by atoms with Crippen LogP contribution in [-0.4, -0.2) is 21.2 Å². The Hall–Kier alpha value is -3.13. The molecule has 3 rings (SSSR count). The Morgan fingerprint density at radius 2 is 1.77 bits per heavy atom. The van der Waals surface area contributed by atoms with Crippen LogP contribution < -0.4 is 4.74 Å². The molecule has 0 spiro atoms. The smallest absolute Gasteiger partial charge is 0.406 e. The first kappa shape index (κ1) is 22.6. The van der Waals surface area contributed by atoms with Crippen LogP contribution in [0.1, 0.15) is 41.9 Å². The van der Waals surface area contributed by atoms with Crippen molar-refractivity contribution in [3.8, 4) is 5.75 Å². The maximum absolute atomic E-state index is 14.7. The van der Waals surface area contributed by atoms with Crippen molar-refractivity contribution < 1.29 is 27.4 Å². The number of hydrogen-bond donors (Lipinski definition) is 1. The first-order chi connectivity index (χ1) is 14.4. The van der Waals surface area contributed by atoms with Gasteiger partial charge in [0.1, 0.15) is 11.4 Å². The van der Waals surface area contributed by atoms with Crippen molar-refractivity contribution in [3.63, 3.8) is 0 Å². The SMILES string of the molecule is Cc1cc(/C(F)=C/c2ccc(OC(F)(F)F)cc2)nn1Cc1cccc(C(C)(C)O)c1. The molecule has 1 heterocycles. The van der Waals surface area contributed by atoms with Crippen molar-refractivity contribution in [2.45, 2.75) is 39.3 Å². The summed E-state index contributed by atoms with van der Waals surface area (Å²) >= 11 is 0. The van der Waals surface area contributed by atoms with Crippen LogP contribution in [-0.2, 0) is 12.1 Å². The average Bonchev–Trinajstić information content (AvgIpc) is 3.02. The minimum Gasteiger partial charge on any atom is -0.406 e. The molecule has 0 unspecified atom stereocenters. The zero-order valence-electron chi connectivity index (χ0n) is 17.2. The Morgan fingerprint density at radius 1 is 1.10 bits per heavy atom. The summed E-state index contributed by atoms with van der Waals surface area (Å²) in [5.74, 6) is -0.991. The largest absolute Gasteiger partial charge is 0.573 e. The van der Waals surface area contributed by atoms with Crippen molar-refractivity contribution in [1.82, 2.24) is 9.78 Å². The summed E-state index contributed by atoms with van der Waals surface area (Å²) in [5, 5.41) is 14.5. The van der Waals surface area contributed by atoms with E-state index in [9.17, 15) is 22.7 Å². The molecule has 1 aromatic heterocycles. The van der Waals surface area contributed by atoms with E-state index >= 15 is 0 Å². The Morgan fingerprint density at radius 3 is 2.39 bits per heavy atom. The molecule has 0 bridgehead atoms. The number of aliphatic hydroxyl groups is 1. The molecule has 0 fully saturated rings. The third kappa shape index (κ3) is 6.18. The minimum absolute atomic E-state index is 0.117. The minimum atomic E-state index is -4.78. The Balaban J connectivity index is 1.77. The molecule has 8 heteroatoms. The average molecular weight is 434 g/mol. The topological polar surface area (TPSA) is 47.3 Å². The summed E-state index contributed by atoms with van der Waals surface area (Å²) in [7, 11) is 0. The maximum Gasteiger partial charge on any atom is 0.573 e. The number of benzene rings is 2. The lowest BCUT2D eigenvalue weighted by Crippen LogP contribution is -2.16. The highest BCUT2D eigenvalue weighted by Gasteiger charge is 2.30. The van der Waals surface area contributed by atoms with Gasteiger partial charge in [0.15, 0.2) is 5.83 Å². The van der Waals surface area contributed by atoms with E-state index in [4.69, 9.17) is 0 Å². The molecule has 4 nitrogen and oxygen atoms in total. The van der Waals surface area contributed by atoms with Gasteiger partial charge in [-0.25, -0.2) is 4.39 Å². The lowest BCUT2D eigenvalue weighted by molar-refractivity contribution is -0.274. The summed E-state index contributed by atoms with van der Waals surface area (Å²) < 4.78 is 56.8. The van der Waals surface area contributed by atoms with Gasteiger partial charge in [-0.1, -0.05) is 36.4 Å². The first-order valence-electron chi connectivity index (χ1n) is 9.50. The lowest BCUT2D eigenvalue weighted by Gasteiger charge is -2.18. The number of alkyl halides is 3. The van der Waals surface area contributed by atoms with E-state index in [1.165, 1.54) is 18.2 Å². The highest BCUT2D eigenvalue weighted by Crippen LogP contribution is 2.25. The number of halogens is 4. The number of hydrogen-bond acceptors (Lipinski definition) is 3. The van der Waals surface area contributed by atoms with E-state index in [1.54, 1.807) is 31.5 Å². The van der Waals surface area contributed by atoms with Gasteiger partial charge in [-0.05, 0) is 61.7 Å². The van der Waals surface area contributed by atoms with Crippen molar-refractivity contribution in [3.05, 3.63) is 82.7 Å². The van der Waals surface area contributed by atoms with E-state index in [0.717, 1.165) is 29.0 Å². The first-order valence-corrected chi connectivity index (χ1v) is 9.50. The zero-order valence-corrected chi connectivity index (χ0v) is 17.2. The second-order valence-corrected chi connectivity index (χ2v) is 7.70. The van der Waals surface area contributed by atoms with Crippen LogP contribution in [0.25, 0.3) is 11.9 Å². The zero-order chi connectivity index (χ0) is 22.8. The van der Waals surface area contributed by atoms with Crippen LogP contribution in [0.3, 0.4) is 0 Å². The van der Waals surface area contributed by atoms with Gasteiger partial charge in [-0.15, -0.1) is 13.2 Å². The van der Waals surface area contributed by atoms with Gasteiger partial charge < -0.3 is 9.84 Å². The molecule has 0 aliphatic heterocycles. The van der Waals surface area contributed by atoms with Gasteiger partial charge in [-0.2, -0.15) is 5.10 Å². The fourth-order valence-corrected chi connectivity index (χ4v) is 3.00. The Labute approximate surface area is 177 Å². The third-order valence-corrected chi connectivity index (χ3v) is 4.60. The maximum atomic E-state index is 14.7. The predicted octanol–water partition coefficient (Wildman–Crippen LogP) is 5.83. The van der Waals surface area contributed by atoms with Crippen molar-refractivity contribution >= 4 is 11.9 Å². The van der Waals surface area contributed by atoms with E-state index in [2.05, 4.69) is 9.84 Å². The summed E-state index contributed by atoms with van der Waals surface area (Å²) in [5.41, 5.74) is 1.92. The molecule has 0 amide bonds. The van der Waals surface area contributed by atoms with Crippen molar-refractivity contribution in [2.24, 2.45) is 0 Å². The number of rotatable bonds is 6. The molecule has 0 aliphatic carbocycles. The molecule has 164 valence electrons. The van der Waals surface area contributed by atoms with Gasteiger partial charge in [-0.3, -0.25) is 4.68 Å². The standard InChI is InChI=1S/C23H22F4N2O2/c1-15-11-21(20(24)13-16-7-9-19(10-8-16)31-23(25,26)27)28-29(15)14-17-5-4-6-18(12-17)22(2,3)30/h4-13,30H,14H2,1-3H3/b20-13-. The van der Waals surface area contributed by atoms with Crippen LogP contribution in [0.15, 0.2) is 54.6 Å². The van der Waals surface area contributed by atoms with E-state index in [0.29, 0.717) is 12.1 Å². The number of aromatic nitrogens is 2. The molecule has 0 saturated heterocycles. The summed E-state index contributed by atoms with van der Waals surface area (Å²) in [6, 6.07) is 13.9. The predicted molar refractivity (Wildman–Crippen MR) is 110 cm³/mol. The van der Waals surface area contributed by atoms with Crippen molar-refractivity contribution in [2.75, 3.05) is 0 Å².